The molecule has 0 saturated carbocycles. The fourth-order valence-electron chi connectivity index (χ4n) is 3.24. The van der Waals surface area contributed by atoms with Gasteiger partial charge in [0.2, 0.25) is 5.88 Å². The van der Waals surface area contributed by atoms with Crippen LogP contribution < -0.4 is 4.18 Å². The number of benzene rings is 2. The summed E-state index contributed by atoms with van der Waals surface area (Å²) in [5, 5.41) is 13.5. The summed E-state index contributed by atoms with van der Waals surface area (Å²) in [5.41, 5.74) is 3.54. The molecule has 2 heterocycles. The number of aryl methyl sites for hydroxylation is 1. The number of aromatic nitrogens is 2. The quantitative estimate of drug-likeness (QED) is 0.652. The molecular weight excluding hydrogens is 350 g/mol. The van der Waals surface area contributed by atoms with Crippen LogP contribution in [-0.2, 0) is 10.1 Å². The van der Waals surface area contributed by atoms with Crippen LogP contribution in [0.1, 0.15) is 28.3 Å². The fourth-order valence-corrected chi connectivity index (χ4v) is 4.47. The summed E-state index contributed by atoms with van der Waals surface area (Å²) in [5.74, 6) is -0.323. The Morgan fingerprint density at radius 3 is 2.50 bits per heavy atom. The molecule has 1 aromatic heterocycles. The third-order valence-electron chi connectivity index (χ3n) is 4.43. The molecule has 0 fully saturated rings. The topological polar surface area (TPSA) is 85.0 Å². The first-order valence-corrected chi connectivity index (χ1v) is 9.63. The number of rotatable bonds is 2. The summed E-state index contributed by atoms with van der Waals surface area (Å²) in [7, 11) is -3.75. The van der Waals surface area contributed by atoms with Gasteiger partial charge in [-0.1, -0.05) is 30.3 Å². The summed E-state index contributed by atoms with van der Waals surface area (Å²) in [4.78, 5) is 0. The van der Waals surface area contributed by atoms with Gasteiger partial charge in [-0.05, 0) is 36.8 Å². The molecule has 0 N–H and O–H groups in total. The number of hydrogen-bond donors (Lipinski definition) is 0. The smallest absolute Gasteiger partial charge is 0.311 e. The van der Waals surface area contributed by atoms with Gasteiger partial charge in [0.1, 0.15) is 0 Å². The second-order valence-corrected chi connectivity index (χ2v) is 7.76. The second-order valence-electron chi connectivity index (χ2n) is 6.15. The highest BCUT2D eigenvalue weighted by Gasteiger charge is 2.37. The summed E-state index contributed by atoms with van der Waals surface area (Å²) in [6.07, 6.45) is 0. The Hall–Kier alpha value is -3.11. The molecule has 0 aliphatic carbocycles. The van der Waals surface area contributed by atoms with E-state index in [0.29, 0.717) is 11.3 Å². The van der Waals surface area contributed by atoms with Gasteiger partial charge < -0.3 is 4.18 Å². The van der Waals surface area contributed by atoms with E-state index in [4.69, 9.17) is 9.44 Å². The highest BCUT2D eigenvalue weighted by molar-refractivity contribution is 7.87. The number of nitriles is 1. The van der Waals surface area contributed by atoms with Gasteiger partial charge in [-0.25, -0.2) is 0 Å². The normalized spacial score (nSPS) is 17.8. The number of nitrogens with zero attached hydrogens (tertiary/aromatic N) is 3. The zero-order valence-corrected chi connectivity index (χ0v) is 14.8. The number of para-hydroxylation sites is 1. The Balaban J connectivity index is 1.90. The first kappa shape index (κ1) is 16.4. The van der Waals surface area contributed by atoms with Crippen molar-refractivity contribution in [2.45, 2.75) is 12.8 Å². The maximum Gasteiger partial charge on any atom is 0.311 e. The lowest BCUT2D eigenvalue weighted by atomic mass is 9.92. The lowest BCUT2D eigenvalue weighted by Gasteiger charge is -2.24. The van der Waals surface area contributed by atoms with Crippen molar-refractivity contribution in [3.63, 3.8) is 0 Å². The molecule has 1 aliphatic heterocycles. The molecule has 6 nitrogen and oxygen atoms in total. The van der Waals surface area contributed by atoms with Crippen LogP contribution in [0.2, 0.25) is 0 Å². The van der Waals surface area contributed by atoms with Gasteiger partial charge >= 0.3 is 10.1 Å². The minimum absolute atomic E-state index is 0.160. The van der Waals surface area contributed by atoms with E-state index in [0.717, 1.165) is 16.8 Å². The standard InChI is InChI=1S/C19H15N3O3S/c1-13-18-17(15-9-7-14(11-20)8-10-15)12-26(23,24)25-19(18)22(21-13)16-5-3-2-4-6-16/h2-10,17H,12H2,1H3. The first-order chi connectivity index (χ1) is 12.5. The number of hydrogen-bond acceptors (Lipinski definition) is 5. The van der Waals surface area contributed by atoms with Crippen molar-refractivity contribution >= 4 is 10.1 Å². The molecule has 0 spiro atoms. The van der Waals surface area contributed by atoms with Crippen LogP contribution in [0.3, 0.4) is 0 Å². The van der Waals surface area contributed by atoms with Gasteiger partial charge in [-0.15, -0.1) is 0 Å². The molecule has 0 amide bonds. The molecule has 0 radical (unpaired) electrons. The van der Waals surface area contributed by atoms with E-state index in [2.05, 4.69) is 11.2 Å². The Labute approximate surface area is 151 Å². The van der Waals surface area contributed by atoms with E-state index in [1.807, 2.05) is 37.3 Å². The van der Waals surface area contributed by atoms with Gasteiger partial charge in [0.05, 0.1) is 28.8 Å². The zero-order chi connectivity index (χ0) is 18.3. The van der Waals surface area contributed by atoms with E-state index >= 15 is 0 Å². The van der Waals surface area contributed by atoms with E-state index in [1.54, 1.807) is 24.3 Å². The van der Waals surface area contributed by atoms with Gasteiger partial charge in [-0.3, -0.25) is 0 Å². The lowest BCUT2D eigenvalue weighted by Crippen LogP contribution is -2.27. The fraction of sp³-hybridized carbons (Fsp3) is 0.158. The monoisotopic (exact) mass is 365 g/mol. The predicted molar refractivity (Wildman–Crippen MR) is 95.7 cm³/mol. The average Bonchev–Trinajstić information content (AvgIpc) is 2.97. The predicted octanol–water partition coefficient (Wildman–Crippen LogP) is 2.91. The first-order valence-electron chi connectivity index (χ1n) is 8.05. The van der Waals surface area contributed by atoms with Crippen molar-refractivity contribution in [1.82, 2.24) is 9.78 Å². The molecule has 1 unspecified atom stereocenters. The summed E-state index contributed by atoms with van der Waals surface area (Å²) in [6, 6.07) is 18.3. The lowest BCUT2D eigenvalue weighted by molar-refractivity contribution is 0.446. The van der Waals surface area contributed by atoms with Gasteiger partial charge in [0.15, 0.2) is 0 Å². The molecule has 26 heavy (non-hydrogen) atoms. The van der Waals surface area contributed by atoms with Crippen molar-refractivity contribution in [3.05, 3.63) is 77.0 Å². The van der Waals surface area contributed by atoms with E-state index in [1.165, 1.54) is 4.68 Å². The average molecular weight is 365 g/mol. The Morgan fingerprint density at radius 1 is 1.15 bits per heavy atom. The molecule has 1 aliphatic rings. The molecule has 2 aromatic carbocycles. The van der Waals surface area contributed by atoms with Crippen molar-refractivity contribution < 1.29 is 12.6 Å². The maximum atomic E-state index is 12.4. The summed E-state index contributed by atoms with van der Waals surface area (Å²) in [6.45, 7) is 1.84. The zero-order valence-electron chi connectivity index (χ0n) is 14.0. The SMILES string of the molecule is Cc1nn(-c2ccccc2)c2c1C(c1ccc(C#N)cc1)CS(=O)(=O)O2. The molecular formula is C19H15N3O3S. The Bertz CT molecular complexity index is 1110. The Morgan fingerprint density at radius 2 is 1.85 bits per heavy atom. The third-order valence-corrected chi connectivity index (χ3v) is 5.58. The van der Waals surface area contributed by atoms with Crippen LogP contribution in [0.15, 0.2) is 54.6 Å². The molecule has 0 bridgehead atoms. The third kappa shape index (κ3) is 2.74. The van der Waals surface area contributed by atoms with Crippen molar-refractivity contribution in [3.8, 4) is 17.6 Å². The van der Waals surface area contributed by atoms with Gasteiger partial charge in [0.25, 0.3) is 0 Å². The van der Waals surface area contributed by atoms with Gasteiger partial charge in [-0.2, -0.15) is 23.5 Å². The molecule has 7 heteroatoms. The van der Waals surface area contributed by atoms with E-state index < -0.39 is 16.0 Å². The van der Waals surface area contributed by atoms with Crippen molar-refractivity contribution in [1.29, 1.82) is 5.26 Å². The minimum atomic E-state index is -3.75. The van der Waals surface area contributed by atoms with Crippen LogP contribution in [0, 0.1) is 18.3 Å². The highest BCUT2D eigenvalue weighted by atomic mass is 32.2. The summed E-state index contributed by atoms with van der Waals surface area (Å²) >= 11 is 0. The second kappa shape index (κ2) is 6.00. The van der Waals surface area contributed by atoms with Crippen LogP contribution in [0.25, 0.3) is 5.69 Å². The van der Waals surface area contributed by atoms with Crippen LogP contribution in [0.5, 0.6) is 5.88 Å². The van der Waals surface area contributed by atoms with Crippen LogP contribution in [0.4, 0.5) is 0 Å². The van der Waals surface area contributed by atoms with E-state index in [9.17, 15) is 8.42 Å². The van der Waals surface area contributed by atoms with Crippen LogP contribution >= 0.6 is 0 Å². The maximum absolute atomic E-state index is 12.4. The van der Waals surface area contributed by atoms with Crippen molar-refractivity contribution in [2.24, 2.45) is 0 Å². The van der Waals surface area contributed by atoms with Crippen LogP contribution in [-0.4, -0.2) is 24.0 Å². The molecule has 130 valence electrons. The molecule has 1 atom stereocenters. The molecule has 3 aromatic rings. The highest BCUT2D eigenvalue weighted by Crippen LogP contribution is 2.41. The Kier molecular flexibility index (Phi) is 3.78. The minimum Gasteiger partial charge on any atom is -0.361 e. The summed E-state index contributed by atoms with van der Waals surface area (Å²) < 4.78 is 31.7. The van der Waals surface area contributed by atoms with Crippen molar-refractivity contribution in [2.75, 3.05) is 5.75 Å². The molecule has 4 rings (SSSR count). The largest absolute Gasteiger partial charge is 0.361 e. The van der Waals surface area contributed by atoms with E-state index in [-0.39, 0.29) is 11.6 Å². The molecule has 0 saturated heterocycles. The number of fused-ring (bicyclic) bond motifs is 1. The van der Waals surface area contributed by atoms with Gasteiger partial charge in [0, 0.05) is 11.5 Å².